The lowest BCUT2D eigenvalue weighted by molar-refractivity contribution is 0.975. The predicted octanol–water partition coefficient (Wildman–Crippen LogP) is 5.82. The van der Waals surface area contributed by atoms with Crippen LogP contribution in [0.1, 0.15) is 11.1 Å². The second-order valence-corrected chi connectivity index (χ2v) is 7.76. The molecule has 1 aromatic heterocycles. The molecule has 3 aromatic carbocycles. The number of nitrogens with zero attached hydrogens (tertiary/aromatic N) is 1. The summed E-state index contributed by atoms with van der Waals surface area (Å²) in [6.45, 7) is 0.528. The fourth-order valence-corrected chi connectivity index (χ4v) is 3.77. The van der Waals surface area contributed by atoms with Crippen molar-refractivity contribution in [1.82, 2.24) is 4.98 Å². The van der Waals surface area contributed by atoms with Crippen molar-refractivity contribution < 1.29 is 0 Å². The summed E-state index contributed by atoms with van der Waals surface area (Å²) in [7, 11) is 0. The van der Waals surface area contributed by atoms with Gasteiger partial charge in [-0.2, -0.15) is 0 Å². The van der Waals surface area contributed by atoms with E-state index in [0.717, 1.165) is 33.1 Å². The van der Waals surface area contributed by atoms with Gasteiger partial charge in [0, 0.05) is 32.4 Å². The third kappa shape index (κ3) is 3.56. The zero-order valence-electron chi connectivity index (χ0n) is 14.8. The van der Waals surface area contributed by atoms with Gasteiger partial charge in [-0.15, -0.1) is 0 Å². The number of hydrogen-bond acceptors (Lipinski definition) is 2. The average molecular weight is 432 g/mol. The third-order valence-electron chi connectivity index (χ3n) is 4.61. The molecular weight excluding hydrogens is 415 g/mol. The molecule has 142 valence electrons. The fourth-order valence-electron chi connectivity index (χ4n) is 3.30. The zero-order chi connectivity index (χ0) is 19.8. The molecule has 0 aliphatic heterocycles. The number of fused-ring (bicyclic) bond motifs is 3. The van der Waals surface area contributed by atoms with Gasteiger partial charge >= 0.3 is 0 Å². The number of aromatic amines is 1. The van der Waals surface area contributed by atoms with E-state index >= 15 is 0 Å². The van der Waals surface area contributed by atoms with Crippen LogP contribution in [-0.2, 0) is 6.42 Å². The first-order chi connectivity index (χ1) is 13.5. The van der Waals surface area contributed by atoms with E-state index in [1.165, 1.54) is 0 Å². The van der Waals surface area contributed by atoms with Crippen molar-refractivity contribution in [2.45, 2.75) is 6.42 Å². The van der Waals surface area contributed by atoms with E-state index in [4.69, 9.17) is 46.3 Å². The number of nitrogens with two attached hydrogens (primary N) is 2. The van der Waals surface area contributed by atoms with Crippen LogP contribution in [0.3, 0.4) is 0 Å². The van der Waals surface area contributed by atoms with Gasteiger partial charge in [0.1, 0.15) is 5.84 Å². The van der Waals surface area contributed by atoms with E-state index in [-0.39, 0.29) is 0 Å². The minimum atomic E-state index is 0.356. The lowest BCUT2D eigenvalue weighted by Crippen LogP contribution is -2.12. The van der Waals surface area contributed by atoms with Crippen LogP contribution < -0.4 is 11.5 Å². The Morgan fingerprint density at radius 2 is 1.75 bits per heavy atom. The highest BCUT2D eigenvalue weighted by Crippen LogP contribution is 2.33. The van der Waals surface area contributed by atoms with Gasteiger partial charge in [-0.3, -0.25) is 0 Å². The maximum atomic E-state index is 6.22. The Hall–Kier alpha value is -2.24. The maximum absolute atomic E-state index is 6.22. The number of amidine groups is 1. The predicted molar refractivity (Wildman–Crippen MR) is 120 cm³/mol. The Labute approximate surface area is 177 Å². The molecule has 4 nitrogen and oxygen atoms in total. The SMILES string of the molecule is NCCc1cc(N=C(N)c2ccc(Cl)c(Cl)c2)cc2c1[nH]c1ccc(Cl)cc12. The highest BCUT2D eigenvalue weighted by molar-refractivity contribution is 6.42. The number of aromatic nitrogens is 1. The molecule has 0 saturated carbocycles. The standard InChI is InChI=1S/C21H17Cl3N4/c22-13-2-4-19-15(9-13)16-10-14(7-11(5-6-25)20(16)28-19)27-21(26)12-1-3-17(23)18(24)8-12/h1-4,7-10,28H,5-6,25H2,(H2,26,27). The molecule has 7 heteroatoms. The van der Waals surface area contributed by atoms with Crippen molar-refractivity contribution in [3.8, 4) is 0 Å². The second kappa shape index (κ2) is 7.64. The average Bonchev–Trinajstić information content (AvgIpc) is 3.02. The normalized spacial score (nSPS) is 12.2. The molecule has 5 N–H and O–H groups in total. The van der Waals surface area contributed by atoms with E-state index in [1.54, 1.807) is 18.2 Å². The highest BCUT2D eigenvalue weighted by Gasteiger charge is 2.11. The topological polar surface area (TPSA) is 80.2 Å². The minimum Gasteiger partial charge on any atom is -0.383 e. The summed E-state index contributed by atoms with van der Waals surface area (Å²) >= 11 is 18.3. The molecule has 4 aromatic rings. The van der Waals surface area contributed by atoms with Gasteiger partial charge < -0.3 is 16.5 Å². The van der Waals surface area contributed by atoms with Gasteiger partial charge in [0.05, 0.1) is 15.7 Å². The molecule has 0 aliphatic rings. The molecule has 0 unspecified atom stereocenters. The van der Waals surface area contributed by atoms with Crippen LogP contribution in [-0.4, -0.2) is 17.4 Å². The summed E-state index contributed by atoms with van der Waals surface area (Å²) in [6, 6.07) is 15.0. The number of rotatable bonds is 4. The molecule has 0 bridgehead atoms. The number of halogens is 3. The van der Waals surface area contributed by atoms with Crippen LogP contribution in [0.15, 0.2) is 53.5 Å². The first-order valence-electron chi connectivity index (χ1n) is 8.70. The molecule has 0 saturated heterocycles. The molecule has 0 fully saturated rings. The van der Waals surface area contributed by atoms with Gasteiger partial charge in [-0.05, 0) is 67.1 Å². The summed E-state index contributed by atoms with van der Waals surface area (Å²) < 4.78 is 0. The first kappa shape index (κ1) is 19.1. The fraction of sp³-hybridized carbons (Fsp3) is 0.0952. The molecule has 1 heterocycles. The van der Waals surface area contributed by atoms with Crippen molar-refractivity contribution in [3.05, 3.63) is 74.7 Å². The number of aliphatic imine (C=N–C) groups is 1. The molecule has 0 spiro atoms. The number of hydrogen-bond donors (Lipinski definition) is 3. The van der Waals surface area contributed by atoms with Crippen LogP contribution in [0.2, 0.25) is 15.1 Å². The molecule has 4 rings (SSSR count). The summed E-state index contributed by atoms with van der Waals surface area (Å²) in [6.07, 6.45) is 0.715. The summed E-state index contributed by atoms with van der Waals surface area (Å²) in [5.74, 6) is 0.356. The van der Waals surface area contributed by atoms with Gasteiger partial charge in [0.15, 0.2) is 0 Å². The van der Waals surface area contributed by atoms with Gasteiger partial charge in [0.25, 0.3) is 0 Å². The lowest BCUT2D eigenvalue weighted by Gasteiger charge is -2.07. The van der Waals surface area contributed by atoms with E-state index < -0.39 is 0 Å². The highest BCUT2D eigenvalue weighted by atomic mass is 35.5. The van der Waals surface area contributed by atoms with Crippen molar-refractivity contribution in [2.24, 2.45) is 16.5 Å². The van der Waals surface area contributed by atoms with Gasteiger partial charge in [-0.1, -0.05) is 34.8 Å². The molecule has 0 radical (unpaired) electrons. The van der Waals surface area contributed by atoms with Crippen molar-refractivity contribution >= 4 is 68.1 Å². The van der Waals surface area contributed by atoms with Crippen LogP contribution in [0, 0.1) is 0 Å². The second-order valence-electron chi connectivity index (χ2n) is 6.51. The Balaban J connectivity index is 1.89. The van der Waals surface area contributed by atoms with Gasteiger partial charge in [0.2, 0.25) is 0 Å². The summed E-state index contributed by atoms with van der Waals surface area (Å²) in [5.41, 5.74) is 16.6. The van der Waals surface area contributed by atoms with Crippen LogP contribution >= 0.6 is 34.8 Å². The third-order valence-corrected chi connectivity index (χ3v) is 5.59. The lowest BCUT2D eigenvalue weighted by atomic mass is 10.1. The van der Waals surface area contributed by atoms with E-state index in [2.05, 4.69) is 9.98 Å². The molecule has 0 aliphatic carbocycles. The van der Waals surface area contributed by atoms with Crippen molar-refractivity contribution in [2.75, 3.05) is 6.54 Å². The van der Waals surface area contributed by atoms with E-state index in [9.17, 15) is 0 Å². The Bertz CT molecular complexity index is 1230. The first-order valence-corrected chi connectivity index (χ1v) is 9.83. The molecule has 28 heavy (non-hydrogen) atoms. The largest absolute Gasteiger partial charge is 0.383 e. The van der Waals surface area contributed by atoms with Crippen LogP contribution in [0.25, 0.3) is 21.8 Å². The zero-order valence-corrected chi connectivity index (χ0v) is 17.0. The van der Waals surface area contributed by atoms with Gasteiger partial charge in [-0.25, -0.2) is 4.99 Å². The number of H-pyrrole nitrogens is 1. The molecule has 0 atom stereocenters. The molecular formula is C21H17Cl3N4. The Morgan fingerprint density at radius 1 is 0.929 bits per heavy atom. The summed E-state index contributed by atoms with van der Waals surface area (Å²) in [5, 5.41) is 3.65. The number of benzene rings is 3. The quantitative estimate of drug-likeness (QED) is 0.281. The maximum Gasteiger partial charge on any atom is 0.131 e. The monoisotopic (exact) mass is 430 g/mol. The van der Waals surface area contributed by atoms with Crippen LogP contribution in [0.4, 0.5) is 5.69 Å². The Kier molecular flexibility index (Phi) is 5.21. The summed E-state index contributed by atoms with van der Waals surface area (Å²) in [4.78, 5) is 8.07. The minimum absolute atomic E-state index is 0.356. The smallest absolute Gasteiger partial charge is 0.131 e. The number of nitrogens with one attached hydrogen (secondary N) is 1. The Morgan fingerprint density at radius 3 is 2.50 bits per heavy atom. The van der Waals surface area contributed by atoms with Crippen LogP contribution in [0.5, 0.6) is 0 Å². The molecule has 0 amide bonds. The van der Waals surface area contributed by atoms with Crippen molar-refractivity contribution in [3.63, 3.8) is 0 Å². The van der Waals surface area contributed by atoms with E-state index in [1.807, 2.05) is 30.3 Å². The van der Waals surface area contributed by atoms with Crippen molar-refractivity contribution in [1.29, 1.82) is 0 Å². The van der Waals surface area contributed by atoms with E-state index in [0.29, 0.717) is 39.4 Å².